The van der Waals surface area contributed by atoms with Gasteiger partial charge in [0, 0.05) is 18.2 Å². The minimum Gasteiger partial charge on any atom is -0.457 e. The molecular formula is C20H17N3O3. The summed E-state index contributed by atoms with van der Waals surface area (Å²) in [5, 5.41) is 9.29. The Morgan fingerprint density at radius 3 is 2.46 bits per heavy atom. The Morgan fingerprint density at radius 1 is 1.00 bits per heavy atom. The minimum atomic E-state index is -0.265. The summed E-state index contributed by atoms with van der Waals surface area (Å²) in [7, 11) is 0. The smallest absolute Gasteiger partial charge is 0.233 e. The third-order valence-electron chi connectivity index (χ3n) is 4.18. The number of carbonyl (C=O) groups is 1. The molecule has 0 aliphatic carbocycles. The second-order valence-corrected chi connectivity index (χ2v) is 5.93. The van der Waals surface area contributed by atoms with Gasteiger partial charge in [-0.25, -0.2) is 9.97 Å². The lowest BCUT2D eigenvalue weighted by molar-refractivity contribution is -0.118. The maximum atomic E-state index is 12.5. The number of amides is 1. The van der Waals surface area contributed by atoms with Crippen LogP contribution in [0.15, 0.2) is 60.8 Å². The van der Waals surface area contributed by atoms with E-state index in [9.17, 15) is 9.90 Å². The summed E-state index contributed by atoms with van der Waals surface area (Å²) in [6, 6.07) is 16.8. The monoisotopic (exact) mass is 347 g/mol. The fourth-order valence-corrected chi connectivity index (χ4v) is 2.90. The highest BCUT2D eigenvalue weighted by molar-refractivity contribution is 6.02. The summed E-state index contributed by atoms with van der Waals surface area (Å²) < 4.78 is 5.79. The lowest BCUT2D eigenvalue weighted by Gasteiger charge is -2.28. The van der Waals surface area contributed by atoms with Gasteiger partial charge in [0.2, 0.25) is 5.91 Å². The Morgan fingerprint density at radius 2 is 1.73 bits per heavy atom. The molecule has 0 unspecified atom stereocenters. The van der Waals surface area contributed by atoms with Crippen molar-refractivity contribution in [3.8, 4) is 11.5 Å². The Labute approximate surface area is 150 Å². The lowest BCUT2D eigenvalue weighted by Crippen LogP contribution is -2.32. The highest BCUT2D eigenvalue weighted by atomic mass is 16.5. The first kappa shape index (κ1) is 16.2. The molecule has 0 radical (unpaired) electrons. The van der Waals surface area contributed by atoms with Crippen molar-refractivity contribution in [2.75, 3.05) is 4.90 Å². The highest BCUT2D eigenvalue weighted by Gasteiger charge is 2.27. The van der Waals surface area contributed by atoms with Crippen molar-refractivity contribution in [2.24, 2.45) is 0 Å². The summed E-state index contributed by atoms with van der Waals surface area (Å²) in [4.78, 5) is 22.5. The number of aliphatic hydroxyl groups is 1. The highest BCUT2D eigenvalue weighted by Crippen LogP contribution is 2.33. The number of ether oxygens (including phenoxy) is 1. The number of para-hydroxylation sites is 1. The molecule has 2 heterocycles. The second-order valence-electron chi connectivity index (χ2n) is 5.93. The fourth-order valence-electron chi connectivity index (χ4n) is 2.90. The molecule has 0 bridgehead atoms. The van der Waals surface area contributed by atoms with Crippen LogP contribution in [0.3, 0.4) is 0 Å². The van der Waals surface area contributed by atoms with Gasteiger partial charge in [0.05, 0.1) is 5.69 Å². The number of fused-ring (bicyclic) bond motifs is 1. The van der Waals surface area contributed by atoms with Gasteiger partial charge in [-0.2, -0.15) is 0 Å². The Hall–Kier alpha value is -3.25. The van der Waals surface area contributed by atoms with E-state index in [4.69, 9.17) is 4.74 Å². The minimum absolute atomic E-state index is 0.0307. The van der Waals surface area contributed by atoms with Crippen molar-refractivity contribution in [2.45, 2.75) is 19.4 Å². The Kier molecular flexibility index (Phi) is 4.33. The van der Waals surface area contributed by atoms with Gasteiger partial charge in [-0.1, -0.05) is 18.2 Å². The third kappa shape index (κ3) is 3.14. The van der Waals surface area contributed by atoms with Gasteiger partial charge in [0.15, 0.2) is 5.82 Å². The predicted molar refractivity (Wildman–Crippen MR) is 96.4 cm³/mol. The summed E-state index contributed by atoms with van der Waals surface area (Å²) in [5.41, 5.74) is 1.60. The molecule has 0 saturated carbocycles. The molecule has 130 valence electrons. The molecule has 6 heteroatoms. The normalized spacial score (nSPS) is 13.4. The van der Waals surface area contributed by atoms with E-state index in [1.165, 1.54) is 0 Å². The number of aryl methyl sites for hydroxylation is 1. The molecular weight excluding hydrogens is 330 g/mol. The molecule has 1 aliphatic rings. The summed E-state index contributed by atoms with van der Waals surface area (Å²) in [6.07, 6.45) is 2.68. The molecule has 1 amide bonds. The number of carbonyl (C=O) groups excluding carboxylic acids is 1. The number of aromatic nitrogens is 2. The molecule has 26 heavy (non-hydrogen) atoms. The molecule has 0 fully saturated rings. The molecule has 1 aromatic heterocycles. The molecule has 3 aromatic rings. The third-order valence-corrected chi connectivity index (χ3v) is 4.18. The van der Waals surface area contributed by atoms with Crippen LogP contribution in [0.4, 0.5) is 11.5 Å². The van der Waals surface area contributed by atoms with Crippen molar-refractivity contribution in [3.63, 3.8) is 0 Å². The Balaban J connectivity index is 1.64. The zero-order valence-electron chi connectivity index (χ0n) is 14.0. The van der Waals surface area contributed by atoms with Gasteiger partial charge < -0.3 is 9.84 Å². The molecule has 0 atom stereocenters. The van der Waals surface area contributed by atoms with Gasteiger partial charge in [0.1, 0.15) is 23.9 Å². The van der Waals surface area contributed by atoms with Gasteiger partial charge in [-0.15, -0.1) is 0 Å². The van der Waals surface area contributed by atoms with E-state index in [0.717, 1.165) is 11.3 Å². The number of hydrogen-bond donors (Lipinski definition) is 1. The average Bonchev–Trinajstić information content (AvgIpc) is 2.69. The largest absolute Gasteiger partial charge is 0.457 e. The topological polar surface area (TPSA) is 75.5 Å². The molecule has 1 aliphatic heterocycles. The number of rotatable bonds is 4. The summed E-state index contributed by atoms with van der Waals surface area (Å²) >= 11 is 0. The zero-order chi connectivity index (χ0) is 17.9. The van der Waals surface area contributed by atoms with E-state index in [2.05, 4.69) is 9.97 Å². The Bertz CT molecular complexity index is 927. The van der Waals surface area contributed by atoms with Gasteiger partial charge in [-0.05, 0) is 42.8 Å². The van der Waals surface area contributed by atoms with Gasteiger partial charge in [-0.3, -0.25) is 9.69 Å². The number of hydrogen-bond acceptors (Lipinski definition) is 5. The van der Waals surface area contributed by atoms with Gasteiger partial charge in [0.25, 0.3) is 0 Å². The van der Waals surface area contributed by atoms with Crippen LogP contribution in [0.2, 0.25) is 0 Å². The van der Waals surface area contributed by atoms with Crippen molar-refractivity contribution >= 4 is 17.4 Å². The molecule has 0 spiro atoms. The van der Waals surface area contributed by atoms with Crippen LogP contribution in [0, 0.1) is 0 Å². The van der Waals surface area contributed by atoms with E-state index < -0.39 is 0 Å². The number of benzene rings is 2. The quantitative estimate of drug-likeness (QED) is 0.783. The van der Waals surface area contributed by atoms with Crippen molar-refractivity contribution in [1.82, 2.24) is 9.97 Å². The zero-order valence-corrected chi connectivity index (χ0v) is 14.0. The van der Waals surface area contributed by atoms with E-state index in [1.807, 2.05) is 54.6 Å². The summed E-state index contributed by atoms with van der Waals surface area (Å²) in [5.74, 6) is 2.24. The first-order chi connectivity index (χ1) is 12.7. The molecule has 0 saturated heterocycles. The first-order valence-corrected chi connectivity index (χ1v) is 8.36. The van der Waals surface area contributed by atoms with Crippen LogP contribution < -0.4 is 9.64 Å². The maximum absolute atomic E-state index is 12.5. The number of aliphatic hydroxyl groups excluding tert-OH is 1. The van der Waals surface area contributed by atoms with E-state index in [-0.39, 0.29) is 12.5 Å². The predicted octanol–water partition coefficient (Wildman–Crippen LogP) is 3.37. The van der Waals surface area contributed by atoms with Crippen LogP contribution in [0.1, 0.15) is 17.8 Å². The summed E-state index contributed by atoms with van der Waals surface area (Å²) in [6.45, 7) is -0.265. The van der Waals surface area contributed by atoms with Crippen LogP contribution >= 0.6 is 0 Å². The van der Waals surface area contributed by atoms with Crippen LogP contribution in [0.25, 0.3) is 0 Å². The lowest BCUT2D eigenvalue weighted by atomic mass is 10.1. The standard InChI is InChI=1S/C20H17N3O3/c24-13-18-21-12-14-6-11-19(25)23(20(14)22-18)15-7-9-17(10-8-15)26-16-4-2-1-3-5-16/h1-5,7-10,12,24H,6,11,13H2. The van der Waals surface area contributed by atoms with Crippen molar-refractivity contribution < 1.29 is 14.6 Å². The van der Waals surface area contributed by atoms with E-state index >= 15 is 0 Å². The second kappa shape index (κ2) is 6.93. The van der Waals surface area contributed by atoms with Crippen molar-refractivity contribution in [1.29, 1.82) is 0 Å². The van der Waals surface area contributed by atoms with Crippen LogP contribution in [-0.2, 0) is 17.8 Å². The van der Waals surface area contributed by atoms with Crippen molar-refractivity contribution in [3.05, 3.63) is 72.2 Å². The van der Waals surface area contributed by atoms with Gasteiger partial charge >= 0.3 is 0 Å². The maximum Gasteiger partial charge on any atom is 0.233 e. The molecule has 6 nitrogen and oxygen atoms in total. The van der Waals surface area contributed by atoms with E-state index in [0.29, 0.717) is 35.9 Å². The molecule has 1 N–H and O–H groups in total. The van der Waals surface area contributed by atoms with Crippen LogP contribution in [-0.4, -0.2) is 21.0 Å². The average molecular weight is 347 g/mol. The van der Waals surface area contributed by atoms with Crippen LogP contribution in [0.5, 0.6) is 11.5 Å². The molecule has 2 aromatic carbocycles. The number of anilines is 2. The fraction of sp³-hybridized carbons (Fsp3) is 0.150. The number of nitrogens with zero attached hydrogens (tertiary/aromatic N) is 3. The van der Waals surface area contributed by atoms with E-state index in [1.54, 1.807) is 11.1 Å². The first-order valence-electron chi connectivity index (χ1n) is 8.36. The molecule has 4 rings (SSSR count). The SMILES string of the molecule is O=C1CCc2cnc(CO)nc2N1c1ccc(Oc2ccccc2)cc1.